The Bertz CT molecular complexity index is 757. The highest BCUT2D eigenvalue weighted by Crippen LogP contribution is 2.54. The minimum Gasteiger partial charge on any atom is -0.478 e. The highest BCUT2D eigenvalue weighted by atomic mass is 79.9. The van der Waals surface area contributed by atoms with Crippen LogP contribution in [0.1, 0.15) is 18.4 Å². The molecule has 0 saturated heterocycles. The second-order valence-corrected chi connectivity index (χ2v) is 7.09. The first-order chi connectivity index (χ1) is 11.5. The minimum atomic E-state index is -4.28. The van der Waals surface area contributed by atoms with E-state index in [2.05, 4.69) is 20.9 Å². The SMILES string of the molecule is OP(O)C(F)(F)c1cc2cc(OCCCC(F)(F)F)ncc2cc1Br. The van der Waals surface area contributed by atoms with Gasteiger partial charge in [-0.15, -0.1) is 0 Å². The lowest BCUT2D eigenvalue weighted by atomic mass is 10.1. The molecule has 0 spiro atoms. The van der Waals surface area contributed by atoms with Crippen LogP contribution in [0.4, 0.5) is 22.0 Å². The Morgan fingerprint density at radius 1 is 1.08 bits per heavy atom. The summed E-state index contributed by atoms with van der Waals surface area (Å²) in [6.45, 7) is -0.226. The molecule has 0 fully saturated rings. The van der Waals surface area contributed by atoms with Gasteiger partial charge in [0, 0.05) is 34.1 Å². The summed E-state index contributed by atoms with van der Waals surface area (Å²) in [6, 6.07) is 3.68. The van der Waals surface area contributed by atoms with Crippen molar-refractivity contribution in [3.8, 4) is 5.88 Å². The van der Waals surface area contributed by atoms with Gasteiger partial charge >= 0.3 is 11.8 Å². The summed E-state index contributed by atoms with van der Waals surface area (Å²) >= 11 is 2.95. The van der Waals surface area contributed by atoms with E-state index < -0.39 is 32.2 Å². The lowest BCUT2D eigenvalue weighted by molar-refractivity contribution is -0.136. The third-order valence-corrected chi connectivity index (χ3v) is 4.61. The van der Waals surface area contributed by atoms with Crippen LogP contribution >= 0.6 is 24.3 Å². The molecule has 2 rings (SSSR count). The maximum Gasteiger partial charge on any atom is 0.389 e. The molecule has 0 saturated carbocycles. The largest absolute Gasteiger partial charge is 0.478 e. The molecule has 0 unspecified atom stereocenters. The van der Waals surface area contributed by atoms with Gasteiger partial charge < -0.3 is 14.5 Å². The Hall–Kier alpha value is -1.09. The number of aromatic nitrogens is 1. The second kappa shape index (κ2) is 7.65. The molecule has 0 atom stereocenters. The molecule has 2 aromatic rings. The van der Waals surface area contributed by atoms with Crippen LogP contribution in [0.5, 0.6) is 5.88 Å². The average Bonchev–Trinajstić information content (AvgIpc) is 2.49. The zero-order chi connectivity index (χ0) is 18.8. The van der Waals surface area contributed by atoms with Gasteiger partial charge in [0.05, 0.1) is 6.61 Å². The number of fused-ring (bicyclic) bond motifs is 1. The lowest BCUT2D eigenvalue weighted by Crippen LogP contribution is -2.11. The fourth-order valence-corrected chi connectivity index (χ4v) is 3.18. The van der Waals surface area contributed by atoms with Crippen LogP contribution < -0.4 is 4.74 Å². The fourth-order valence-electron chi connectivity index (χ4n) is 2.01. The molecule has 1 aromatic carbocycles. The third kappa shape index (κ3) is 5.20. The van der Waals surface area contributed by atoms with Crippen molar-refractivity contribution in [1.82, 2.24) is 4.98 Å². The number of halogens is 6. The number of hydrogen-bond donors (Lipinski definition) is 2. The van der Waals surface area contributed by atoms with Gasteiger partial charge in [-0.1, -0.05) is 15.9 Å². The zero-order valence-corrected chi connectivity index (χ0v) is 14.9. The third-order valence-electron chi connectivity index (χ3n) is 3.21. The fraction of sp³-hybridized carbons (Fsp3) is 0.357. The summed E-state index contributed by atoms with van der Waals surface area (Å²) in [5.74, 6) is -0.0125. The Labute approximate surface area is 148 Å². The number of pyridine rings is 1. The highest BCUT2D eigenvalue weighted by molar-refractivity contribution is 9.10. The number of benzene rings is 1. The van der Waals surface area contributed by atoms with Crippen molar-refractivity contribution in [2.75, 3.05) is 6.61 Å². The summed E-state index contributed by atoms with van der Waals surface area (Å²) in [7, 11) is -3.54. The molecule has 0 aliphatic rings. The van der Waals surface area contributed by atoms with Gasteiger partial charge in [0.15, 0.2) is 0 Å². The summed E-state index contributed by atoms with van der Waals surface area (Å²) in [5.41, 5.74) is -4.47. The summed E-state index contributed by atoms with van der Waals surface area (Å²) < 4.78 is 69.0. The Balaban J connectivity index is 2.22. The maximum atomic E-state index is 13.9. The monoisotopic (exact) mass is 447 g/mol. The zero-order valence-electron chi connectivity index (χ0n) is 12.4. The van der Waals surface area contributed by atoms with Crippen LogP contribution in [0.25, 0.3) is 10.8 Å². The van der Waals surface area contributed by atoms with Crippen molar-refractivity contribution in [2.24, 2.45) is 0 Å². The van der Waals surface area contributed by atoms with Crippen molar-refractivity contribution in [2.45, 2.75) is 24.7 Å². The molecule has 1 heterocycles. The first-order valence-electron chi connectivity index (χ1n) is 6.86. The predicted octanol–water partition coefficient (Wildman–Crippen LogP) is 5.06. The maximum absolute atomic E-state index is 13.9. The number of rotatable bonds is 6. The molecule has 138 valence electrons. The average molecular weight is 448 g/mol. The standard InChI is InChI=1S/C14H12BrF5NO3P/c15-11-5-9-7-21-12(24-3-1-2-13(16,17)18)6-8(9)4-10(11)14(19,20)25(22)23/h4-7,22-23H,1-3H2. The molecule has 0 aliphatic heterocycles. The van der Waals surface area contributed by atoms with Crippen molar-refractivity contribution >= 4 is 35.1 Å². The topological polar surface area (TPSA) is 62.6 Å². The van der Waals surface area contributed by atoms with E-state index in [1.54, 1.807) is 0 Å². The van der Waals surface area contributed by atoms with Gasteiger partial charge in [-0.25, -0.2) is 4.98 Å². The van der Waals surface area contributed by atoms with Crippen LogP contribution in [0, 0.1) is 0 Å². The molecule has 0 bridgehead atoms. The van der Waals surface area contributed by atoms with Crippen LogP contribution in [0.15, 0.2) is 28.9 Å². The first-order valence-corrected chi connectivity index (χ1v) is 8.90. The second-order valence-electron chi connectivity index (χ2n) is 5.10. The number of hydrogen-bond acceptors (Lipinski definition) is 4. The van der Waals surface area contributed by atoms with E-state index in [0.29, 0.717) is 5.39 Å². The van der Waals surface area contributed by atoms with Gasteiger partial charge in [0.2, 0.25) is 14.3 Å². The van der Waals surface area contributed by atoms with Crippen LogP contribution in [0.3, 0.4) is 0 Å². The smallest absolute Gasteiger partial charge is 0.389 e. The quantitative estimate of drug-likeness (QED) is 0.369. The van der Waals surface area contributed by atoms with Crippen molar-refractivity contribution in [3.05, 3.63) is 34.4 Å². The predicted molar refractivity (Wildman–Crippen MR) is 85.5 cm³/mol. The molecule has 1 aromatic heterocycles. The van der Waals surface area contributed by atoms with Gasteiger partial charge in [-0.3, -0.25) is 0 Å². The van der Waals surface area contributed by atoms with E-state index in [0.717, 1.165) is 6.07 Å². The highest BCUT2D eigenvalue weighted by Gasteiger charge is 2.42. The Morgan fingerprint density at radius 3 is 2.36 bits per heavy atom. The molecular weight excluding hydrogens is 436 g/mol. The Morgan fingerprint density at radius 2 is 1.76 bits per heavy atom. The van der Waals surface area contributed by atoms with Gasteiger partial charge in [0.25, 0.3) is 0 Å². The Kier molecular flexibility index (Phi) is 6.19. The van der Waals surface area contributed by atoms with Gasteiger partial charge in [0.1, 0.15) is 0 Å². The summed E-state index contributed by atoms with van der Waals surface area (Å²) in [4.78, 5) is 21.7. The van der Waals surface area contributed by atoms with Crippen LogP contribution in [-0.4, -0.2) is 27.6 Å². The van der Waals surface area contributed by atoms with E-state index in [1.165, 1.54) is 18.3 Å². The molecule has 0 amide bonds. The van der Waals surface area contributed by atoms with Crippen molar-refractivity contribution < 1.29 is 36.5 Å². The van der Waals surface area contributed by atoms with Gasteiger partial charge in [-0.2, -0.15) is 22.0 Å². The summed E-state index contributed by atoms with van der Waals surface area (Å²) in [5, 5.41) is 0.741. The minimum absolute atomic E-state index is 0.0125. The summed E-state index contributed by atoms with van der Waals surface area (Å²) in [6.07, 6.45) is -4.21. The molecule has 0 radical (unpaired) electrons. The van der Waals surface area contributed by atoms with E-state index in [-0.39, 0.29) is 28.8 Å². The first kappa shape index (κ1) is 20.2. The van der Waals surface area contributed by atoms with Crippen molar-refractivity contribution in [3.63, 3.8) is 0 Å². The van der Waals surface area contributed by atoms with E-state index in [9.17, 15) is 22.0 Å². The normalized spacial score (nSPS) is 12.8. The molecule has 0 aliphatic carbocycles. The molecule has 4 nitrogen and oxygen atoms in total. The molecule has 2 N–H and O–H groups in total. The van der Waals surface area contributed by atoms with E-state index >= 15 is 0 Å². The molecule has 25 heavy (non-hydrogen) atoms. The van der Waals surface area contributed by atoms with E-state index in [4.69, 9.17) is 14.5 Å². The van der Waals surface area contributed by atoms with E-state index in [1.807, 2.05) is 0 Å². The van der Waals surface area contributed by atoms with Gasteiger partial charge in [-0.05, 0) is 23.9 Å². The molecular formula is C14H12BrF5NO3P. The molecule has 11 heteroatoms. The van der Waals surface area contributed by atoms with Crippen LogP contribution in [0.2, 0.25) is 0 Å². The number of alkyl halides is 5. The lowest BCUT2D eigenvalue weighted by Gasteiger charge is -2.19. The number of ether oxygens (including phenoxy) is 1. The van der Waals surface area contributed by atoms with Crippen molar-refractivity contribution in [1.29, 1.82) is 0 Å². The van der Waals surface area contributed by atoms with Crippen LogP contribution in [-0.2, 0) is 5.66 Å². The number of nitrogens with zero attached hydrogens (tertiary/aromatic N) is 1.